The number of ether oxygens (including phenoxy) is 1. The van der Waals surface area contributed by atoms with Crippen molar-refractivity contribution in [2.24, 2.45) is 0 Å². The maximum atomic E-state index is 10.8. The fourth-order valence-electron chi connectivity index (χ4n) is 2.97. The largest absolute Gasteiger partial charge is 0.366 e. The second-order valence-corrected chi connectivity index (χ2v) is 5.39. The molecule has 1 saturated heterocycles. The highest BCUT2D eigenvalue weighted by molar-refractivity contribution is 5.44. The molecule has 0 bridgehead atoms. The van der Waals surface area contributed by atoms with Gasteiger partial charge in [0, 0.05) is 30.9 Å². The van der Waals surface area contributed by atoms with Crippen LogP contribution in [0.15, 0.2) is 48.5 Å². The van der Waals surface area contributed by atoms with Crippen molar-refractivity contribution in [2.75, 3.05) is 6.61 Å². The van der Waals surface area contributed by atoms with Crippen molar-refractivity contribution >= 4 is 11.4 Å². The molecule has 7 heteroatoms. The number of non-ortho nitro benzene ring substituents is 2. The summed E-state index contributed by atoms with van der Waals surface area (Å²) in [5.41, 5.74) is 0.963. The van der Waals surface area contributed by atoms with Gasteiger partial charge in [-0.15, -0.1) is 0 Å². The number of benzene rings is 2. The van der Waals surface area contributed by atoms with Gasteiger partial charge in [-0.25, -0.2) is 0 Å². The molecule has 0 radical (unpaired) electrons. The van der Waals surface area contributed by atoms with Crippen LogP contribution >= 0.6 is 0 Å². The van der Waals surface area contributed by atoms with E-state index in [-0.39, 0.29) is 11.4 Å². The second-order valence-electron chi connectivity index (χ2n) is 5.39. The van der Waals surface area contributed by atoms with Crippen molar-refractivity contribution in [1.29, 1.82) is 0 Å². The topological polar surface area (TPSA) is 95.5 Å². The number of nitro groups is 2. The molecule has 0 amide bonds. The maximum Gasteiger partial charge on any atom is 0.269 e. The summed E-state index contributed by atoms with van der Waals surface area (Å²) in [6.07, 6.45) is 1.58. The van der Waals surface area contributed by atoms with Gasteiger partial charge in [0.1, 0.15) is 5.60 Å². The Labute approximate surface area is 131 Å². The third kappa shape index (κ3) is 2.66. The third-order valence-electron chi connectivity index (χ3n) is 4.11. The quantitative estimate of drug-likeness (QED) is 0.635. The lowest BCUT2D eigenvalue weighted by atomic mass is 9.84. The van der Waals surface area contributed by atoms with E-state index in [0.717, 1.165) is 24.0 Å². The Bertz CT molecular complexity index is 675. The molecule has 1 heterocycles. The average molecular weight is 314 g/mol. The van der Waals surface area contributed by atoms with Crippen LogP contribution < -0.4 is 0 Å². The van der Waals surface area contributed by atoms with Crippen LogP contribution in [-0.4, -0.2) is 16.5 Å². The summed E-state index contributed by atoms with van der Waals surface area (Å²) in [5, 5.41) is 21.6. The molecule has 0 unspecified atom stereocenters. The lowest BCUT2D eigenvalue weighted by molar-refractivity contribution is -0.385. The summed E-state index contributed by atoms with van der Waals surface area (Å²) in [7, 11) is 0. The summed E-state index contributed by atoms with van der Waals surface area (Å²) in [6.45, 7) is 0.577. The molecule has 0 aromatic heterocycles. The van der Waals surface area contributed by atoms with E-state index in [0.29, 0.717) is 6.61 Å². The van der Waals surface area contributed by atoms with Gasteiger partial charge in [-0.2, -0.15) is 0 Å². The fraction of sp³-hybridized carbons (Fsp3) is 0.250. The number of hydrogen-bond donors (Lipinski definition) is 0. The molecule has 2 aromatic carbocycles. The second kappa shape index (κ2) is 5.77. The monoisotopic (exact) mass is 314 g/mol. The Kier molecular flexibility index (Phi) is 3.79. The van der Waals surface area contributed by atoms with Gasteiger partial charge in [-0.1, -0.05) is 0 Å². The summed E-state index contributed by atoms with van der Waals surface area (Å²) in [4.78, 5) is 20.7. The van der Waals surface area contributed by atoms with Crippen LogP contribution in [0.4, 0.5) is 11.4 Å². The Morgan fingerprint density at radius 3 is 1.57 bits per heavy atom. The first-order valence-electron chi connectivity index (χ1n) is 7.17. The van der Waals surface area contributed by atoms with E-state index in [1.165, 1.54) is 24.3 Å². The minimum atomic E-state index is -0.704. The minimum absolute atomic E-state index is 0.0191. The lowest BCUT2D eigenvalue weighted by Crippen LogP contribution is -2.26. The zero-order valence-electron chi connectivity index (χ0n) is 12.2. The van der Waals surface area contributed by atoms with Crippen LogP contribution in [0, 0.1) is 20.2 Å². The van der Waals surface area contributed by atoms with Crippen LogP contribution in [0.25, 0.3) is 0 Å². The highest BCUT2D eigenvalue weighted by Crippen LogP contribution is 2.42. The number of nitro benzene ring substituents is 2. The van der Waals surface area contributed by atoms with Gasteiger partial charge in [0.25, 0.3) is 11.4 Å². The molecule has 0 atom stereocenters. The van der Waals surface area contributed by atoms with E-state index in [1.807, 2.05) is 0 Å². The normalized spacial score (nSPS) is 16.2. The van der Waals surface area contributed by atoms with Crippen LogP contribution in [0.2, 0.25) is 0 Å². The Morgan fingerprint density at radius 1 is 0.826 bits per heavy atom. The van der Waals surface area contributed by atoms with Crippen molar-refractivity contribution in [1.82, 2.24) is 0 Å². The minimum Gasteiger partial charge on any atom is -0.366 e. The molecule has 23 heavy (non-hydrogen) atoms. The first-order chi connectivity index (χ1) is 11.0. The van der Waals surface area contributed by atoms with E-state index in [1.54, 1.807) is 24.3 Å². The molecule has 118 valence electrons. The van der Waals surface area contributed by atoms with E-state index in [9.17, 15) is 20.2 Å². The van der Waals surface area contributed by atoms with Crippen molar-refractivity contribution in [3.8, 4) is 0 Å². The van der Waals surface area contributed by atoms with Gasteiger partial charge in [-0.3, -0.25) is 20.2 Å². The summed E-state index contributed by atoms with van der Waals surface area (Å²) in [5.74, 6) is 0. The lowest BCUT2D eigenvalue weighted by Gasteiger charge is -2.29. The molecule has 1 aliphatic rings. The van der Waals surface area contributed by atoms with E-state index < -0.39 is 15.4 Å². The fourth-order valence-corrected chi connectivity index (χ4v) is 2.97. The van der Waals surface area contributed by atoms with Crippen molar-refractivity contribution in [3.05, 3.63) is 79.9 Å². The van der Waals surface area contributed by atoms with Crippen LogP contribution in [-0.2, 0) is 10.3 Å². The van der Waals surface area contributed by atoms with Crippen molar-refractivity contribution in [3.63, 3.8) is 0 Å². The zero-order chi connectivity index (χ0) is 16.4. The van der Waals surface area contributed by atoms with Crippen LogP contribution in [0.3, 0.4) is 0 Å². The SMILES string of the molecule is O=[N+]([O-])c1ccc(C2(c3ccc([N+](=O)[O-])cc3)CCCO2)cc1. The predicted molar refractivity (Wildman–Crippen MR) is 82.2 cm³/mol. The third-order valence-corrected chi connectivity index (χ3v) is 4.11. The maximum absolute atomic E-state index is 10.8. The molecule has 0 saturated carbocycles. The molecule has 3 rings (SSSR count). The molecule has 0 spiro atoms. The van der Waals surface area contributed by atoms with Gasteiger partial charge in [0.2, 0.25) is 0 Å². The average Bonchev–Trinajstić information content (AvgIpc) is 3.06. The van der Waals surface area contributed by atoms with E-state index in [2.05, 4.69) is 0 Å². The summed E-state index contributed by atoms with van der Waals surface area (Å²) < 4.78 is 5.97. The molecule has 1 aliphatic heterocycles. The summed E-state index contributed by atoms with van der Waals surface area (Å²) >= 11 is 0. The van der Waals surface area contributed by atoms with E-state index in [4.69, 9.17) is 4.74 Å². The van der Waals surface area contributed by atoms with Gasteiger partial charge >= 0.3 is 0 Å². The molecule has 2 aromatic rings. The number of hydrogen-bond acceptors (Lipinski definition) is 5. The Hall–Kier alpha value is -2.80. The highest BCUT2D eigenvalue weighted by Gasteiger charge is 2.39. The first-order valence-corrected chi connectivity index (χ1v) is 7.17. The Balaban J connectivity index is 2.02. The van der Waals surface area contributed by atoms with Crippen molar-refractivity contribution < 1.29 is 14.6 Å². The standard InChI is InChI=1S/C16H14N2O5/c19-17(20)14-6-2-12(3-7-14)16(10-1-11-23-16)13-4-8-15(9-5-13)18(21)22/h2-9H,1,10-11H2. The van der Waals surface area contributed by atoms with Gasteiger partial charge in [0.15, 0.2) is 0 Å². The van der Waals surface area contributed by atoms with Crippen LogP contribution in [0.1, 0.15) is 24.0 Å². The molecule has 7 nitrogen and oxygen atoms in total. The van der Waals surface area contributed by atoms with Crippen molar-refractivity contribution in [2.45, 2.75) is 18.4 Å². The number of rotatable bonds is 4. The van der Waals surface area contributed by atoms with Gasteiger partial charge in [0.05, 0.1) is 9.85 Å². The molecule has 0 N–H and O–H groups in total. The van der Waals surface area contributed by atoms with Crippen LogP contribution in [0.5, 0.6) is 0 Å². The predicted octanol–water partition coefficient (Wildman–Crippen LogP) is 3.56. The van der Waals surface area contributed by atoms with Gasteiger partial charge < -0.3 is 4.74 Å². The first kappa shape index (κ1) is 15.1. The van der Waals surface area contributed by atoms with E-state index >= 15 is 0 Å². The zero-order valence-corrected chi connectivity index (χ0v) is 12.2. The Morgan fingerprint density at radius 2 is 1.26 bits per heavy atom. The molecule has 0 aliphatic carbocycles. The molecular formula is C16H14N2O5. The molecule has 1 fully saturated rings. The summed E-state index contributed by atoms with van der Waals surface area (Å²) in [6, 6.07) is 12.5. The van der Waals surface area contributed by atoms with Gasteiger partial charge in [-0.05, 0) is 48.2 Å². The number of nitrogens with zero attached hydrogens (tertiary/aromatic N) is 2. The highest BCUT2D eigenvalue weighted by atomic mass is 16.6. The molecular weight excluding hydrogens is 300 g/mol. The smallest absolute Gasteiger partial charge is 0.269 e.